The molecule has 8 nitrogen and oxygen atoms in total. The molecule has 2 atom stereocenters. The van der Waals surface area contributed by atoms with Crippen LogP contribution in [-0.2, 0) is 16.0 Å². The smallest absolute Gasteiger partial charge is 0.244 e. The van der Waals surface area contributed by atoms with Gasteiger partial charge in [-0.05, 0) is 36.6 Å². The van der Waals surface area contributed by atoms with Crippen molar-refractivity contribution in [2.45, 2.75) is 36.8 Å². The number of hydrogen-bond donors (Lipinski definition) is 4. The summed E-state index contributed by atoms with van der Waals surface area (Å²) in [4.78, 5) is 29.3. The second kappa shape index (κ2) is 9.44. The van der Waals surface area contributed by atoms with Gasteiger partial charge in [-0.2, -0.15) is 10.6 Å². The fourth-order valence-corrected chi connectivity index (χ4v) is 5.88. The highest BCUT2D eigenvalue weighted by atomic mass is 32.3. The average Bonchev–Trinajstić information content (AvgIpc) is 3.15. The summed E-state index contributed by atoms with van der Waals surface area (Å²) in [6.45, 7) is 4.04. The van der Waals surface area contributed by atoms with E-state index in [9.17, 15) is 23.8 Å². The molecule has 0 aromatic heterocycles. The third-order valence-corrected chi connectivity index (χ3v) is 8.05. The maximum absolute atomic E-state index is 13.3. The fourth-order valence-electron chi connectivity index (χ4n) is 4.54. The number of anilines is 1. The molecule has 2 aliphatic rings. The van der Waals surface area contributed by atoms with E-state index in [1.165, 1.54) is 0 Å². The topological polar surface area (TPSA) is 113 Å². The summed E-state index contributed by atoms with van der Waals surface area (Å²) >= 11 is 0. The van der Waals surface area contributed by atoms with Crippen molar-refractivity contribution in [3.8, 4) is 0 Å². The number of aliphatic hydroxyl groups is 1. The summed E-state index contributed by atoms with van der Waals surface area (Å²) < 4.78 is 20.4. The summed E-state index contributed by atoms with van der Waals surface area (Å²) in [6, 6.07) is 12.9. The molecule has 33 heavy (non-hydrogen) atoms. The van der Waals surface area contributed by atoms with Crippen molar-refractivity contribution >= 4 is 28.1 Å². The molecule has 2 aromatic carbocycles. The van der Waals surface area contributed by atoms with Crippen molar-refractivity contribution in [3.05, 3.63) is 59.2 Å². The predicted octanol–water partition coefficient (Wildman–Crippen LogP) is 2.87. The fraction of sp³-hybridized carbons (Fsp3) is 0.417. The molecule has 0 bridgehead atoms. The number of benzene rings is 2. The molecule has 2 aliphatic heterocycles. The maximum atomic E-state index is 13.3. The van der Waals surface area contributed by atoms with Gasteiger partial charge in [0, 0.05) is 26.7 Å². The lowest BCUT2D eigenvalue weighted by Crippen LogP contribution is -2.39. The van der Waals surface area contributed by atoms with Crippen LogP contribution in [0.5, 0.6) is 0 Å². The number of aryl methyl sites for hydroxylation is 1. The van der Waals surface area contributed by atoms with Crippen LogP contribution in [0.4, 0.5) is 5.69 Å². The van der Waals surface area contributed by atoms with Gasteiger partial charge >= 0.3 is 0 Å². The number of β-amino-alcohol motifs (C(OH)–C–C–N with tert-alkyl or cyclic N) is 1. The summed E-state index contributed by atoms with van der Waals surface area (Å²) in [5.41, 5.74) is 3.19. The van der Waals surface area contributed by atoms with Gasteiger partial charge in [-0.1, -0.05) is 35.9 Å². The van der Waals surface area contributed by atoms with Gasteiger partial charge in [0.1, 0.15) is 5.75 Å². The Bertz CT molecular complexity index is 1060. The molecule has 2 amide bonds. The van der Waals surface area contributed by atoms with Gasteiger partial charge in [-0.15, -0.1) is 0 Å². The molecule has 0 spiro atoms. The Balaban J connectivity index is 1.54. The van der Waals surface area contributed by atoms with Crippen molar-refractivity contribution in [2.24, 2.45) is 0 Å². The molecule has 1 fully saturated rings. The van der Waals surface area contributed by atoms with Crippen molar-refractivity contribution in [1.29, 1.82) is 0 Å². The standard InChI is InChI=1S/C24H31N3O5S/c1-16-4-3-5-18(10-16)21(14-27-9-8-19(28)13-27)26(2)24(30)12-17-6-7-22-20(11-17)25-23(29)15-33(22,31)32/h3-7,10-11,19,21,28,31-32H,8-9,12-15H2,1-2H3,(H,25,29)/t19?,21-/m1/s1. The van der Waals surface area contributed by atoms with E-state index < -0.39 is 16.5 Å². The zero-order valence-corrected chi connectivity index (χ0v) is 19.7. The molecule has 1 saturated heterocycles. The van der Waals surface area contributed by atoms with Crippen LogP contribution in [0.3, 0.4) is 0 Å². The van der Waals surface area contributed by atoms with E-state index in [1.54, 1.807) is 30.1 Å². The number of carbonyl (C=O) groups is 2. The van der Waals surface area contributed by atoms with Gasteiger partial charge in [0.25, 0.3) is 0 Å². The highest BCUT2D eigenvalue weighted by molar-refractivity contribution is 8.25. The van der Waals surface area contributed by atoms with E-state index in [2.05, 4.69) is 16.3 Å². The van der Waals surface area contributed by atoms with E-state index in [0.717, 1.165) is 24.1 Å². The molecule has 1 unspecified atom stereocenters. The summed E-state index contributed by atoms with van der Waals surface area (Å²) in [5, 5.41) is 12.6. The minimum Gasteiger partial charge on any atom is -0.392 e. The minimum atomic E-state index is -3.16. The Morgan fingerprint density at radius 3 is 2.76 bits per heavy atom. The number of likely N-dealkylation sites (tertiary alicyclic amines) is 1. The first-order chi connectivity index (χ1) is 15.6. The normalized spacial score (nSPS) is 21.7. The van der Waals surface area contributed by atoms with Gasteiger partial charge in [-0.3, -0.25) is 23.6 Å². The molecule has 0 aliphatic carbocycles. The first kappa shape index (κ1) is 23.7. The summed E-state index contributed by atoms with van der Waals surface area (Å²) in [5.74, 6) is -0.880. The van der Waals surface area contributed by atoms with Gasteiger partial charge in [0.2, 0.25) is 11.8 Å². The van der Waals surface area contributed by atoms with Crippen LogP contribution in [0, 0.1) is 6.92 Å². The molecule has 2 heterocycles. The van der Waals surface area contributed by atoms with Crippen LogP contribution in [-0.4, -0.2) is 74.4 Å². The molecule has 2 aromatic rings. The Labute approximate surface area is 195 Å². The zero-order chi connectivity index (χ0) is 23.8. The van der Waals surface area contributed by atoms with Gasteiger partial charge in [0.05, 0.1) is 29.1 Å². The number of aliphatic hydroxyl groups excluding tert-OH is 1. The molecule has 0 saturated carbocycles. The number of fused-ring (bicyclic) bond motifs is 1. The average molecular weight is 474 g/mol. The third kappa shape index (κ3) is 5.39. The quantitative estimate of drug-likeness (QED) is 0.513. The maximum Gasteiger partial charge on any atom is 0.244 e. The van der Waals surface area contributed by atoms with Crippen molar-refractivity contribution in [2.75, 3.05) is 37.8 Å². The third-order valence-electron chi connectivity index (χ3n) is 6.32. The first-order valence-corrected chi connectivity index (χ1v) is 12.8. The number of nitrogens with one attached hydrogen (secondary N) is 1. The van der Waals surface area contributed by atoms with Gasteiger partial charge in [0.15, 0.2) is 0 Å². The highest BCUT2D eigenvalue weighted by Gasteiger charge is 2.31. The van der Waals surface area contributed by atoms with Gasteiger partial charge in [-0.25, -0.2) is 0 Å². The minimum absolute atomic E-state index is 0.0880. The summed E-state index contributed by atoms with van der Waals surface area (Å²) in [6.07, 6.45) is 0.518. The first-order valence-electron chi connectivity index (χ1n) is 11.0. The Morgan fingerprint density at radius 2 is 2.06 bits per heavy atom. The summed E-state index contributed by atoms with van der Waals surface area (Å²) in [7, 11) is -1.37. The molecular formula is C24H31N3O5S. The second-order valence-electron chi connectivity index (χ2n) is 9.00. The van der Waals surface area contributed by atoms with Crippen LogP contribution in [0.15, 0.2) is 47.4 Å². The van der Waals surface area contributed by atoms with E-state index in [1.807, 2.05) is 25.1 Å². The molecular weight excluding hydrogens is 442 g/mol. The van der Waals surface area contributed by atoms with Crippen molar-refractivity contribution in [1.82, 2.24) is 9.80 Å². The molecule has 4 rings (SSSR count). The van der Waals surface area contributed by atoms with E-state index in [0.29, 0.717) is 29.2 Å². The van der Waals surface area contributed by atoms with Crippen LogP contribution >= 0.6 is 10.6 Å². The molecule has 178 valence electrons. The number of hydrogen-bond acceptors (Lipinski definition) is 6. The Hall–Kier alpha value is -2.43. The lowest BCUT2D eigenvalue weighted by Gasteiger charge is -2.37. The number of rotatable bonds is 6. The molecule has 0 radical (unpaired) electrons. The van der Waals surface area contributed by atoms with Crippen LogP contribution in [0.1, 0.15) is 29.2 Å². The SMILES string of the molecule is Cc1cccc([C@@H](CN2CCC(O)C2)N(C)C(=O)Cc2ccc3c(c2)NC(=O)CS3(O)O)c1. The van der Waals surface area contributed by atoms with Crippen LogP contribution in [0.2, 0.25) is 0 Å². The Morgan fingerprint density at radius 1 is 1.27 bits per heavy atom. The van der Waals surface area contributed by atoms with Gasteiger partial charge < -0.3 is 15.3 Å². The predicted molar refractivity (Wildman–Crippen MR) is 129 cm³/mol. The monoisotopic (exact) mass is 473 g/mol. The Kier molecular flexibility index (Phi) is 6.78. The lowest BCUT2D eigenvalue weighted by molar-refractivity contribution is -0.131. The molecule has 9 heteroatoms. The van der Waals surface area contributed by atoms with Crippen molar-refractivity contribution < 1.29 is 23.8 Å². The van der Waals surface area contributed by atoms with Crippen LogP contribution < -0.4 is 5.32 Å². The number of likely N-dealkylation sites (N-methyl/N-ethyl adjacent to an activating group) is 1. The van der Waals surface area contributed by atoms with E-state index in [-0.39, 0.29) is 30.2 Å². The number of amides is 2. The van der Waals surface area contributed by atoms with Crippen molar-refractivity contribution in [3.63, 3.8) is 0 Å². The number of carbonyl (C=O) groups excluding carboxylic acids is 2. The van der Waals surface area contributed by atoms with E-state index in [4.69, 9.17) is 0 Å². The second-order valence-corrected chi connectivity index (χ2v) is 11.1. The van der Waals surface area contributed by atoms with Crippen LogP contribution in [0.25, 0.3) is 0 Å². The molecule has 4 N–H and O–H groups in total. The lowest BCUT2D eigenvalue weighted by atomic mass is 10.0. The zero-order valence-electron chi connectivity index (χ0n) is 18.9. The van der Waals surface area contributed by atoms with E-state index >= 15 is 0 Å². The number of nitrogens with zero attached hydrogens (tertiary/aromatic N) is 2. The largest absolute Gasteiger partial charge is 0.392 e. The highest BCUT2D eigenvalue weighted by Crippen LogP contribution is 2.53.